The molecule has 0 saturated carbocycles. The molecule has 1 aromatic carbocycles. The maximum absolute atomic E-state index is 14.1. The third-order valence-corrected chi connectivity index (χ3v) is 4.72. The molecule has 1 amide bonds. The Labute approximate surface area is 176 Å². The highest BCUT2D eigenvalue weighted by Gasteiger charge is 2.27. The van der Waals surface area contributed by atoms with Gasteiger partial charge in [0.15, 0.2) is 0 Å². The third-order valence-electron chi connectivity index (χ3n) is 4.72. The van der Waals surface area contributed by atoms with E-state index in [4.69, 9.17) is 14.7 Å². The fourth-order valence-corrected chi connectivity index (χ4v) is 3.23. The summed E-state index contributed by atoms with van der Waals surface area (Å²) in [5.41, 5.74) is 0.939. The van der Waals surface area contributed by atoms with Crippen LogP contribution in [0.3, 0.4) is 0 Å². The van der Waals surface area contributed by atoms with Crippen LogP contribution in [-0.4, -0.2) is 40.8 Å². The minimum absolute atomic E-state index is 0.0434. The highest BCUT2D eigenvalue weighted by Crippen LogP contribution is 2.21. The first kappa shape index (κ1) is 21.6. The van der Waals surface area contributed by atoms with E-state index >= 15 is 0 Å². The molecule has 0 bridgehead atoms. The Kier molecular flexibility index (Phi) is 6.56. The Hall–Kier alpha value is -3.14. The van der Waals surface area contributed by atoms with Gasteiger partial charge in [0.25, 0.3) is 0 Å². The number of nitriles is 1. The molecule has 1 saturated heterocycles. The van der Waals surface area contributed by atoms with Crippen LogP contribution in [0.4, 0.5) is 9.18 Å². The Morgan fingerprint density at radius 2 is 2.00 bits per heavy atom. The summed E-state index contributed by atoms with van der Waals surface area (Å²) in [5.74, 6) is 0.0638. The molecule has 2 heterocycles. The third kappa shape index (κ3) is 5.93. The molecule has 158 valence electrons. The molecule has 0 aliphatic carbocycles. The van der Waals surface area contributed by atoms with E-state index in [2.05, 4.69) is 4.98 Å². The summed E-state index contributed by atoms with van der Waals surface area (Å²) in [6.45, 7) is 6.68. The maximum Gasteiger partial charge on any atom is 0.410 e. The molecule has 2 aromatic rings. The number of likely N-dealkylation sites (tertiary alicyclic amines) is 1. The predicted molar refractivity (Wildman–Crippen MR) is 110 cm³/mol. The maximum atomic E-state index is 14.1. The quantitative estimate of drug-likeness (QED) is 0.742. The van der Waals surface area contributed by atoms with E-state index in [1.165, 1.54) is 6.07 Å². The molecule has 0 radical (unpaired) electrons. The van der Waals surface area contributed by atoms with Crippen molar-refractivity contribution in [2.45, 2.75) is 51.7 Å². The largest absolute Gasteiger partial charge is 0.474 e. The van der Waals surface area contributed by atoms with Gasteiger partial charge < -0.3 is 14.4 Å². The number of carbonyl (C=O) groups excluding carboxylic acids is 1. The van der Waals surface area contributed by atoms with Gasteiger partial charge in [-0.05, 0) is 44.5 Å². The van der Waals surface area contributed by atoms with Crippen molar-refractivity contribution in [2.75, 3.05) is 13.1 Å². The summed E-state index contributed by atoms with van der Waals surface area (Å²) in [4.78, 5) is 18.4. The second kappa shape index (κ2) is 9.12. The number of halogens is 1. The zero-order valence-electron chi connectivity index (χ0n) is 17.5. The number of carbonyl (C=O) groups is 1. The van der Waals surface area contributed by atoms with Crippen LogP contribution in [0.5, 0.6) is 5.88 Å². The number of hydrogen-bond donors (Lipinski definition) is 0. The molecule has 6 nitrogen and oxygen atoms in total. The fourth-order valence-electron chi connectivity index (χ4n) is 3.23. The van der Waals surface area contributed by atoms with Gasteiger partial charge >= 0.3 is 6.09 Å². The van der Waals surface area contributed by atoms with Gasteiger partial charge in [0, 0.05) is 44.1 Å². The van der Waals surface area contributed by atoms with Gasteiger partial charge in [0.2, 0.25) is 5.88 Å². The number of aromatic nitrogens is 1. The minimum Gasteiger partial charge on any atom is -0.474 e. The summed E-state index contributed by atoms with van der Waals surface area (Å²) in [6.07, 6.45) is 1.35. The van der Waals surface area contributed by atoms with E-state index in [1.807, 2.05) is 39.0 Å². The van der Waals surface area contributed by atoms with Crippen molar-refractivity contribution >= 4 is 6.09 Å². The van der Waals surface area contributed by atoms with Crippen LogP contribution in [0.1, 0.15) is 50.4 Å². The van der Waals surface area contributed by atoms with Crippen molar-refractivity contribution in [2.24, 2.45) is 0 Å². The number of amides is 1. The van der Waals surface area contributed by atoms with Crippen LogP contribution >= 0.6 is 0 Å². The summed E-state index contributed by atoms with van der Waals surface area (Å²) in [7, 11) is 0. The fraction of sp³-hybridized carbons (Fsp3) is 0.435. The van der Waals surface area contributed by atoms with Crippen molar-refractivity contribution in [3.63, 3.8) is 0 Å². The van der Waals surface area contributed by atoms with E-state index in [1.54, 1.807) is 23.1 Å². The zero-order chi connectivity index (χ0) is 21.7. The summed E-state index contributed by atoms with van der Waals surface area (Å²) >= 11 is 0. The van der Waals surface area contributed by atoms with E-state index in [0.29, 0.717) is 55.1 Å². The average Bonchev–Trinajstić information content (AvgIpc) is 2.69. The molecule has 0 atom stereocenters. The molecule has 1 aromatic heterocycles. The lowest BCUT2D eigenvalue weighted by Crippen LogP contribution is -2.44. The molecule has 7 heteroatoms. The molecule has 0 N–H and O–H groups in total. The Balaban J connectivity index is 1.56. The molecule has 0 unspecified atom stereocenters. The smallest absolute Gasteiger partial charge is 0.410 e. The molecule has 30 heavy (non-hydrogen) atoms. The Morgan fingerprint density at radius 3 is 2.63 bits per heavy atom. The van der Waals surface area contributed by atoms with Crippen molar-refractivity contribution in [3.05, 3.63) is 59.0 Å². The molecule has 1 aliphatic heterocycles. The summed E-state index contributed by atoms with van der Waals surface area (Å²) in [6, 6.07) is 11.8. The number of rotatable bonds is 4. The topological polar surface area (TPSA) is 75.4 Å². The van der Waals surface area contributed by atoms with Crippen molar-refractivity contribution < 1.29 is 18.7 Å². The highest BCUT2D eigenvalue weighted by atomic mass is 19.1. The van der Waals surface area contributed by atoms with Gasteiger partial charge in [0.05, 0.1) is 11.6 Å². The van der Waals surface area contributed by atoms with Gasteiger partial charge in [-0.25, -0.2) is 14.2 Å². The van der Waals surface area contributed by atoms with Crippen molar-refractivity contribution in [1.82, 2.24) is 9.88 Å². The SMILES string of the molecule is CC(C)(C)OC(=O)N1CCC(Oc2cccc(Cc3ccc(C#N)cc3F)n2)CC1. The van der Waals surface area contributed by atoms with Crippen LogP contribution in [-0.2, 0) is 11.2 Å². The van der Waals surface area contributed by atoms with E-state index in [9.17, 15) is 9.18 Å². The van der Waals surface area contributed by atoms with Crippen molar-refractivity contribution in [1.29, 1.82) is 5.26 Å². The van der Waals surface area contributed by atoms with Crippen molar-refractivity contribution in [3.8, 4) is 11.9 Å². The molecule has 1 fully saturated rings. The molecular weight excluding hydrogens is 385 g/mol. The standard InChI is InChI=1S/C23H26FN3O3/c1-23(2,3)30-22(28)27-11-9-19(10-12-27)29-21-6-4-5-18(26-21)14-17-8-7-16(15-25)13-20(17)24/h4-8,13,19H,9-12,14H2,1-3H3. The monoisotopic (exact) mass is 411 g/mol. The number of piperidine rings is 1. The lowest BCUT2D eigenvalue weighted by Gasteiger charge is -2.33. The highest BCUT2D eigenvalue weighted by molar-refractivity contribution is 5.68. The zero-order valence-corrected chi connectivity index (χ0v) is 17.5. The van der Waals surface area contributed by atoms with Gasteiger partial charge in [-0.3, -0.25) is 0 Å². The normalized spacial score (nSPS) is 14.8. The van der Waals surface area contributed by atoms with E-state index in [0.717, 1.165) is 0 Å². The first-order valence-corrected chi connectivity index (χ1v) is 10.0. The van der Waals surface area contributed by atoms with Gasteiger partial charge in [-0.2, -0.15) is 5.26 Å². The molecule has 1 aliphatic rings. The number of ether oxygens (including phenoxy) is 2. The minimum atomic E-state index is -0.511. The van der Waals surface area contributed by atoms with Crippen LogP contribution in [0.15, 0.2) is 36.4 Å². The second-order valence-electron chi connectivity index (χ2n) is 8.35. The average molecular weight is 411 g/mol. The van der Waals surface area contributed by atoms with Gasteiger partial charge in [0.1, 0.15) is 17.5 Å². The molecule has 0 spiro atoms. The van der Waals surface area contributed by atoms with Gasteiger partial charge in [-0.1, -0.05) is 12.1 Å². The Bertz CT molecular complexity index is 941. The van der Waals surface area contributed by atoms with Crippen LogP contribution < -0.4 is 4.74 Å². The lowest BCUT2D eigenvalue weighted by atomic mass is 10.1. The second-order valence-corrected chi connectivity index (χ2v) is 8.35. The van der Waals surface area contributed by atoms with E-state index < -0.39 is 11.4 Å². The first-order valence-electron chi connectivity index (χ1n) is 10.0. The number of benzene rings is 1. The summed E-state index contributed by atoms with van der Waals surface area (Å²) < 4.78 is 25.6. The number of nitrogens with zero attached hydrogens (tertiary/aromatic N) is 3. The predicted octanol–water partition coefficient (Wildman–Crippen LogP) is 4.46. The van der Waals surface area contributed by atoms with Gasteiger partial charge in [-0.15, -0.1) is 0 Å². The molecular formula is C23H26FN3O3. The van der Waals surface area contributed by atoms with Crippen LogP contribution in [0.25, 0.3) is 0 Å². The van der Waals surface area contributed by atoms with Crippen LogP contribution in [0.2, 0.25) is 0 Å². The summed E-state index contributed by atoms with van der Waals surface area (Å²) in [5, 5.41) is 8.86. The Morgan fingerprint density at radius 1 is 1.27 bits per heavy atom. The lowest BCUT2D eigenvalue weighted by molar-refractivity contribution is 0.0123. The van der Waals surface area contributed by atoms with E-state index in [-0.39, 0.29) is 12.2 Å². The molecule has 3 rings (SSSR count). The number of hydrogen-bond acceptors (Lipinski definition) is 5. The number of pyridine rings is 1. The van der Waals surface area contributed by atoms with Crippen LogP contribution in [0, 0.1) is 17.1 Å². The first-order chi connectivity index (χ1) is 14.2.